The number of benzene rings is 4. The summed E-state index contributed by atoms with van der Waals surface area (Å²) in [5.74, 6) is 0. The van der Waals surface area contributed by atoms with Crippen molar-refractivity contribution in [2.45, 2.75) is 14.7 Å². The lowest BCUT2D eigenvalue weighted by atomic mass is 9.93. The Morgan fingerprint density at radius 3 is 1.30 bits per heavy atom. The van der Waals surface area contributed by atoms with Crippen LogP contribution in [0.3, 0.4) is 0 Å². The van der Waals surface area contributed by atoms with E-state index in [4.69, 9.17) is 0 Å². The summed E-state index contributed by atoms with van der Waals surface area (Å²) in [5, 5.41) is 0.295. The fourth-order valence-electron chi connectivity index (χ4n) is 3.62. The SMILES string of the molecule is O=S(=O)(O)c1cc(NI)c2ccc3c(S(=O)(=O)O)cc(S(=O)(=O)O)c4ccc1c2c34. The first-order valence-electron chi connectivity index (χ1n) is 7.83. The van der Waals surface area contributed by atoms with Gasteiger partial charge in [0.25, 0.3) is 30.4 Å². The molecule has 0 saturated heterocycles. The molecule has 0 atom stereocenters. The molecule has 0 fully saturated rings. The van der Waals surface area contributed by atoms with Crippen LogP contribution in [0, 0.1) is 0 Å². The van der Waals surface area contributed by atoms with Crippen molar-refractivity contribution < 1.29 is 38.9 Å². The van der Waals surface area contributed by atoms with Gasteiger partial charge in [0.1, 0.15) is 14.7 Å². The first-order valence-corrected chi connectivity index (χ1v) is 13.2. The summed E-state index contributed by atoms with van der Waals surface area (Å²) < 4.78 is 103. The molecule has 0 unspecified atom stereocenters. The van der Waals surface area contributed by atoms with Gasteiger partial charge < -0.3 is 3.53 Å². The number of anilines is 1. The quantitative estimate of drug-likeness (QED) is 0.121. The van der Waals surface area contributed by atoms with Gasteiger partial charge >= 0.3 is 0 Å². The Bertz CT molecular complexity index is 1640. The minimum absolute atomic E-state index is 0.00484. The molecule has 4 aromatic carbocycles. The fourth-order valence-corrected chi connectivity index (χ4v) is 6.28. The van der Waals surface area contributed by atoms with E-state index >= 15 is 0 Å². The van der Waals surface area contributed by atoms with Gasteiger partial charge in [-0.2, -0.15) is 25.3 Å². The van der Waals surface area contributed by atoms with E-state index in [0.29, 0.717) is 11.5 Å². The molecule has 10 nitrogen and oxygen atoms in total. The summed E-state index contributed by atoms with van der Waals surface area (Å²) in [4.78, 5) is -2.05. The highest BCUT2D eigenvalue weighted by atomic mass is 127. The van der Waals surface area contributed by atoms with Crippen molar-refractivity contribution in [2.75, 3.05) is 3.53 Å². The van der Waals surface area contributed by atoms with Crippen LogP contribution in [0.15, 0.2) is 51.1 Å². The second kappa shape index (κ2) is 6.59. The van der Waals surface area contributed by atoms with Gasteiger partial charge in [-0.25, -0.2) is 0 Å². The first kappa shape index (κ1) is 21.4. The predicted octanol–water partition coefficient (Wildman–Crippen LogP) is 3.09. The summed E-state index contributed by atoms with van der Waals surface area (Å²) in [5.41, 5.74) is 0.246. The van der Waals surface area contributed by atoms with Crippen LogP contribution in [0.5, 0.6) is 0 Å². The lowest BCUT2D eigenvalue weighted by Gasteiger charge is -2.18. The van der Waals surface area contributed by atoms with Crippen molar-refractivity contribution in [3.8, 4) is 0 Å². The van der Waals surface area contributed by atoms with E-state index < -0.39 is 45.0 Å². The van der Waals surface area contributed by atoms with Crippen LogP contribution < -0.4 is 3.53 Å². The average molecular weight is 583 g/mol. The van der Waals surface area contributed by atoms with E-state index in [1.54, 1.807) is 22.9 Å². The van der Waals surface area contributed by atoms with E-state index in [1.165, 1.54) is 30.3 Å². The highest BCUT2D eigenvalue weighted by Gasteiger charge is 2.27. The standard InChI is InChI=1S/C16H10INO9S3/c17-18-11-5-12(28(19,20)21)8-3-4-10-14(30(25,26)27)6-13(29(22,23)24)9-2-1-7(11)15(8)16(9)10/h1-6,18H,(H,19,20,21)(H,22,23,24)(H,25,26,27). The molecular weight excluding hydrogens is 573 g/mol. The number of nitrogens with one attached hydrogen (secondary N) is 1. The monoisotopic (exact) mass is 583 g/mol. The highest BCUT2D eigenvalue weighted by molar-refractivity contribution is 14.1. The van der Waals surface area contributed by atoms with Crippen molar-refractivity contribution in [3.05, 3.63) is 36.4 Å². The lowest BCUT2D eigenvalue weighted by Crippen LogP contribution is -2.07. The zero-order valence-corrected chi connectivity index (χ0v) is 19.0. The second-order valence-corrected chi connectivity index (χ2v) is 11.1. The van der Waals surface area contributed by atoms with Crippen molar-refractivity contribution in [1.82, 2.24) is 0 Å². The van der Waals surface area contributed by atoms with Gasteiger partial charge in [-0.3, -0.25) is 13.7 Å². The molecule has 4 rings (SSSR count). The Labute approximate surface area is 184 Å². The molecule has 0 amide bonds. The number of hydrogen-bond donors (Lipinski definition) is 4. The van der Waals surface area contributed by atoms with Gasteiger partial charge in [-0.1, -0.05) is 24.3 Å². The Kier molecular flexibility index (Phi) is 4.70. The third-order valence-electron chi connectivity index (χ3n) is 4.72. The van der Waals surface area contributed by atoms with Crippen molar-refractivity contribution >= 4 is 91.2 Å². The van der Waals surface area contributed by atoms with E-state index in [2.05, 4.69) is 3.53 Å². The zero-order chi connectivity index (χ0) is 22.2. The van der Waals surface area contributed by atoms with E-state index in [-0.39, 0.29) is 32.6 Å². The second-order valence-electron chi connectivity index (χ2n) is 6.39. The van der Waals surface area contributed by atoms with Crippen LogP contribution in [0.2, 0.25) is 0 Å². The van der Waals surface area contributed by atoms with E-state index in [1.807, 2.05) is 0 Å². The van der Waals surface area contributed by atoms with Gasteiger partial charge in [-0.15, -0.1) is 0 Å². The molecule has 14 heteroatoms. The Morgan fingerprint density at radius 2 is 0.933 bits per heavy atom. The maximum absolute atomic E-state index is 12.0. The Balaban J connectivity index is 2.46. The van der Waals surface area contributed by atoms with Crippen LogP contribution >= 0.6 is 22.9 Å². The highest BCUT2D eigenvalue weighted by Crippen LogP contribution is 2.44. The largest absolute Gasteiger partial charge is 0.328 e. The molecule has 4 aromatic rings. The van der Waals surface area contributed by atoms with Crippen LogP contribution in [-0.4, -0.2) is 38.9 Å². The van der Waals surface area contributed by atoms with Crippen molar-refractivity contribution in [3.63, 3.8) is 0 Å². The molecule has 0 aliphatic heterocycles. The molecule has 0 aromatic heterocycles. The summed E-state index contributed by atoms with van der Waals surface area (Å²) in [6.07, 6.45) is 0. The molecular formula is C16H10INO9S3. The normalized spacial score (nSPS) is 13.5. The van der Waals surface area contributed by atoms with Gasteiger partial charge in [0, 0.05) is 32.3 Å². The van der Waals surface area contributed by atoms with E-state index in [0.717, 1.165) is 0 Å². The van der Waals surface area contributed by atoms with Crippen LogP contribution in [-0.2, 0) is 30.4 Å². The van der Waals surface area contributed by atoms with Crippen molar-refractivity contribution in [1.29, 1.82) is 0 Å². The molecule has 0 aliphatic carbocycles. The topological polar surface area (TPSA) is 175 Å². The molecule has 30 heavy (non-hydrogen) atoms. The Hall–Kier alpha value is -1.82. The van der Waals surface area contributed by atoms with Crippen LogP contribution in [0.1, 0.15) is 0 Å². The number of rotatable bonds is 4. The van der Waals surface area contributed by atoms with Gasteiger partial charge in [0.2, 0.25) is 0 Å². The number of halogens is 1. The molecule has 0 bridgehead atoms. The van der Waals surface area contributed by atoms with Gasteiger partial charge in [-0.05, 0) is 12.1 Å². The van der Waals surface area contributed by atoms with Crippen LogP contribution in [0.25, 0.3) is 32.3 Å². The maximum atomic E-state index is 12.0. The fraction of sp³-hybridized carbons (Fsp3) is 0. The molecule has 0 aliphatic rings. The summed E-state index contributed by atoms with van der Waals surface area (Å²) in [6.45, 7) is 0. The zero-order valence-electron chi connectivity index (χ0n) is 14.4. The van der Waals surface area contributed by atoms with E-state index in [9.17, 15) is 38.9 Å². The lowest BCUT2D eigenvalue weighted by molar-refractivity contribution is 0.480. The molecule has 0 radical (unpaired) electrons. The predicted molar refractivity (Wildman–Crippen MR) is 117 cm³/mol. The third kappa shape index (κ3) is 3.19. The van der Waals surface area contributed by atoms with Crippen molar-refractivity contribution in [2.24, 2.45) is 0 Å². The number of hydrogen-bond acceptors (Lipinski definition) is 7. The molecule has 0 spiro atoms. The third-order valence-corrected chi connectivity index (χ3v) is 7.98. The minimum Gasteiger partial charge on any atom is -0.328 e. The van der Waals surface area contributed by atoms with Gasteiger partial charge in [0.05, 0.1) is 28.6 Å². The Morgan fingerprint density at radius 1 is 0.600 bits per heavy atom. The molecule has 4 N–H and O–H groups in total. The molecule has 0 saturated carbocycles. The van der Waals surface area contributed by atoms with Crippen LogP contribution in [0.4, 0.5) is 5.69 Å². The molecule has 158 valence electrons. The summed E-state index contributed by atoms with van der Waals surface area (Å²) in [7, 11) is -14.6. The molecule has 0 heterocycles. The smallest absolute Gasteiger partial charge is 0.295 e. The van der Waals surface area contributed by atoms with Gasteiger partial charge in [0.15, 0.2) is 0 Å². The summed E-state index contributed by atoms with van der Waals surface area (Å²) >= 11 is 1.73. The minimum atomic E-state index is -4.92. The first-order chi connectivity index (χ1) is 13.7. The summed E-state index contributed by atoms with van der Waals surface area (Å²) in [6, 6.07) is 7.02. The average Bonchev–Trinajstić information content (AvgIpc) is 2.62. The maximum Gasteiger partial charge on any atom is 0.295 e.